The van der Waals surface area contributed by atoms with Crippen molar-refractivity contribution in [2.45, 2.75) is 12.8 Å². The first kappa shape index (κ1) is 13.9. The van der Waals surface area contributed by atoms with E-state index in [2.05, 4.69) is 12.1 Å². The zero-order valence-electron chi connectivity index (χ0n) is 11.6. The van der Waals surface area contributed by atoms with E-state index in [9.17, 15) is 4.79 Å². The molecule has 2 rings (SSSR count). The lowest BCUT2D eigenvalue weighted by atomic mass is 9.98. The van der Waals surface area contributed by atoms with Crippen LogP contribution in [0.5, 0.6) is 5.75 Å². The van der Waals surface area contributed by atoms with E-state index in [4.69, 9.17) is 9.47 Å². The van der Waals surface area contributed by atoms with Crippen molar-refractivity contribution >= 4 is 5.91 Å². The zero-order chi connectivity index (χ0) is 13.7. The highest BCUT2D eigenvalue weighted by atomic mass is 16.5. The second-order valence-electron chi connectivity index (χ2n) is 4.95. The van der Waals surface area contributed by atoms with Crippen molar-refractivity contribution in [2.24, 2.45) is 5.92 Å². The normalized spacial score (nSPS) is 18.9. The third-order valence-electron chi connectivity index (χ3n) is 3.54. The molecule has 0 saturated carbocycles. The van der Waals surface area contributed by atoms with Gasteiger partial charge in [0.1, 0.15) is 5.75 Å². The maximum absolute atomic E-state index is 11.8. The van der Waals surface area contributed by atoms with Crippen LogP contribution in [-0.4, -0.2) is 44.7 Å². The number of hydrogen-bond acceptors (Lipinski definition) is 3. The first-order valence-corrected chi connectivity index (χ1v) is 6.62. The van der Waals surface area contributed by atoms with Crippen molar-refractivity contribution in [2.75, 3.05) is 33.9 Å². The molecule has 0 aliphatic carbocycles. The van der Waals surface area contributed by atoms with Gasteiger partial charge in [0, 0.05) is 26.6 Å². The van der Waals surface area contributed by atoms with E-state index in [0.717, 1.165) is 18.7 Å². The lowest BCUT2D eigenvalue weighted by Gasteiger charge is -2.16. The minimum atomic E-state index is 0.246. The van der Waals surface area contributed by atoms with E-state index in [1.54, 1.807) is 14.2 Å². The summed E-state index contributed by atoms with van der Waals surface area (Å²) in [7, 11) is 3.33. The van der Waals surface area contributed by atoms with Crippen molar-refractivity contribution in [1.29, 1.82) is 0 Å². The second-order valence-corrected chi connectivity index (χ2v) is 4.95. The van der Waals surface area contributed by atoms with Crippen molar-refractivity contribution in [3.63, 3.8) is 0 Å². The summed E-state index contributed by atoms with van der Waals surface area (Å²) in [5.74, 6) is 1.53. The standard InChI is InChI=1S/C15H21NO3/c1-18-8-7-16-11-13(10-15(16)17)9-12-3-5-14(19-2)6-4-12/h3-6,13H,7-11H2,1-2H3. The molecular formula is C15H21NO3. The van der Waals surface area contributed by atoms with E-state index in [1.165, 1.54) is 5.56 Å². The fraction of sp³-hybridized carbons (Fsp3) is 0.533. The smallest absolute Gasteiger partial charge is 0.223 e. The Balaban J connectivity index is 1.88. The van der Waals surface area contributed by atoms with E-state index < -0.39 is 0 Å². The number of carbonyl (C=O) groups is 1. The molecular weight excluding hydrogens is 242 g/mol. The summed E-state index contributed by atoms with van der Waals surface area (Å²) in [4.78, 5) is 13.7. The lowest BCUT2D eigenvalue weighted by Crippen LogP contribution is -2.28. The SMILES string of the molecule is COCCN1CC(Cc2ccc(OC)cc2)CC1=O. The molecule has 4 heteroatoms. The topological polar surface area (TPSA) is 38.8 Å². The average molecular weight is 263 g/mol. The van der Waals surface area contributed by atoms with Gasteiger partial charge in [-0.05, 0) is 30.0 Å². The Morgan fingerprint density at radius 1 is 1.26 bits per heavy atom. The number of benzene rings is 1. The number of nitrogens with zero attached hydrogens (tertiary/aromatic N) is 1. The second kappa shape index (κ2) is 6.57. The third kappa shape index (κ3) is 3.70. The molecule has 1 heterocycles. The van der Waals surface area contributed by atoms with Crippen LogP contribution in [-0.2, 0) is 16.0 Å². The number of methoxy groups -OCH3 is 2. The van der Waals surface area contributed by atoms with Gasteiger partial charge in [-0.15, -0.1) is 0 Å². The Morgan fingerprint density at radius 3 is 2.63 bits per heavy atom. The van der Waals surface area contributed by atoms with Gasteiger partial charge in [-0.3, -0.25) is 4.79 Å². The zero-order valence-corrected chi connectivity index (χ0v) is 11.6. The van der Waals surface area contributed by atoms with Crippen LogP contribution >= 0.6 is 0 Å². The van der Waals surface area contributed by atoms with Crippen molar-refractivity contribution in [3.8, 4) is 5.75 Å². The van der Waals surface area contributed by atoms with Crippen LogP contribution in [0.3, 0.4) is 0 Å². The van der Waals surface area contributed by atoms with E-state index in [0.29, 0.717) is 25.5 Å². The highest BCUT2D eigenvalue weighted by Gasteiger charge is 2.28. The maximum Gasteiger partial charge on any atom is 0.223 e. The number of likely N-dealkylation sites (tertiary alicyclic amines) is 1. The van der Waals surface area contributed by atoms with Gasteiger partial charge in [0.05, 0.1) is 13.7 Å². The van der Waals surface area contributed by atoms with E-state index in [-0.39, 0.29) is 5.91 Å². The van der Waals surface area contributed by atoms with Gasteiger partial charge in [-0.25, -0.2) is 0 Å². The number of hydrogen-bond donors (Lipinski definition) is 0. The number of rotatable bonds is 6. The molecule has 0 N–H and O–H groups in total. The number of ether oxygens (including phenoxy) is 2. The Bertz CT molecular complexity index is 416. The predicted octanol–water partition coefficient (Wildman–Crippen LogP) is 1.73. The van der Waals surface area contributed by atoms with Crippen LogP contribution in [0.15, 0.2) is 24.3 Å². The van der Waals surface area contributed by atoms with Crippen LogP contribution in [0.25, 0.3) is 0 Å². The number of amides is 1. The monoisotopic (exact) mass is 263 g/mol. The first-order chi connectivity index (χ1) is 9.22. The van der Waals surface area contributed by atoms with Crippen LogP contribution in [0.2, 0.25) is 0 Å². The quantitative estimate of drug-likeness (QED) is 0.784. The molecule has 1 amide bonds. The van der Waals surface area contributed by atoms with Gasteiger partial charge in [-0.2, -0.15) is 0 Å². The molecule has 0 aromatic heterocycles. The molecule has 1 unspecified atom stereocenters. The van der Waals surface area contributed by atoms with Crippen molar-refractivity contribution < 1.29 is 14.3 Å². The highest BCUT2D eigenvalue weighted by Crippen LogP contribution is 2.22. The van der Waals surface area contributed by atoms with Crippen molar-refractivity contribution in [1.82, 2.24) is 4.90 Å². The fourth-order valence-electron chi connectivity index (χ4n) is 2.50. The first-order valence-electron chi connectivity index (χ1n) is 6.62. The number of carbonyl (C=O) groups excluding carboxylic acids is 1. The maximum atomic E-state index is 11.8. The molecule has 0 spiro atoms. The minimum Gasteiger partial charge on any atom is -0.497 e. The Morgan fingerprint density at radius 2 is 2.00 bits per heavy atom. The molecule has 4 nitrogen and oxygen atoms in total. The van der Waals surface area contributed by atoms with E-state index >= 15 is 0 Å². The predicted molar refractivity (Wildman–Crippen MR) is 73.3 cm³/mol. The minimum absolute atomic E-state index is 0.246. The largest absolute Gasteiger partial charge is 0.497 e. The van der Waals surface area contributed by atoms with Gasteiger partial charge in [0.25, 0.3) is 0 Å². The molecule has 1 aliphatic heterocycles. The summed E-state index contributed by atoms with van der Waals surface area (Å²) in [6.45, 7) is 2.16. The summed E-state index contributed by atoms with van der Waals surface area (Å²) in [6.07, 6.45) is 1.59. The summed E-state index contributed by atoms with van der Waals surface area (Å²) in [6, 6.07) is 8.08. The van der Waals surface area contributed by atoms with Crippen LogP contribution in [0.4, 0.5) is 0 Å². The highest BCUT2D eigenvalue weighted by molar-refractivity contribution is 5.78. The molecule has 0 bridgehead atoms. The summed E-state index contributed by atoms with van der Waals surface area (Å²) in [5, 5.41) is 0. The van der Waals surface area contributed by atoms with Gasteiger partial charge in [0.15, 0.2) is 0 Å². The molecule has 1 atom stereocenters. The van der Waals surface area contributed by atoms with Crippen LogP contribution in [0.1, 0.15) is 12.0 Å². The van der Waals surface area contributed by atoms with Gasteiger partial charge >= 0.3 is 0 Å². The molecule has 1 fully saturated rings. The van der Waals surface area contributed by atoms with Gasteiger partial charge in [-0.1, -0.05) is 12.1 Å². The van der Waals surface area contributed by atoms with Crippen LogP contribution in [0, 0.1) is 5.92 Å². The lowest BCUT2D eigenvalue weighted by molar-refractivity contribution is -0.128. The Labute approximate surface area is 114 Å². The Kier molecular flexibility index (Phi) is 4.80. The Hall–Kier alpha value is -1.55. The summed E-state index contributed by atoms with van der Waals surface area (Å²) < 4.78 is 10.2. The van der Waals surface area contributed by atoms with Gasteiger partial charge < -0.3 is 14.4 Å². The molecule has 0 radical (unpaired) electrons. The molecule has 1 aromatic rings. The van der Waals surface area contributed by atoms with Crippen molar-refractivity contribution in [3.05, 3.63) is 29.8 Å². The fourth-order valence-corrected chi connectivity index (χ4v) is 2.50. The van der Waals surface area contributed by atoms with Gasteiger partial charge in [0.2, 0.25) is 5.91 Å². The van der Waals surface area contributed by atoms with Crippen LogP contribution < -0.4 is 4.74 Å². The molecule has 1 aromatic carbocycles. The summed E-state index contributed by atoms with van der Waals surface area (Å²) in [5.41, 5.74) is 1.26. The summed E-state index contributed by atoms with van der Waals surface area (Å²) >= 11 is 0. The molecule has 19 heavy (non-hydrogen) atoms. The van der Waals surface area contributed by atoms with E-state index in [1.807, 2.05) is 17.0 Å². The third-order valence-corrected chi connectivity index (χ3v) is 3.54. The molecule has 1 saturated heterocycles. The molecule has 1 aliphatic rings. The average Bonchev–Trinajstić information content (AvgIpc) is 2.77. The molecule has 104 valence electrons.